The lowest BCUT2D eigenvalue weighted by Gasteiger charge is -2.38. The zero-order chi connectivity index (χ0) is 15.2. The fraction of sp³-hybridized carbons (Fsp3) is 0.467. The van der Waals surface area contributed by atoms with Crippen molar-refractivity contribution >= 4 is 24.2 Å². The first-order chi connectivity index (χ1) is 10.1. The zero-order valence-corrected chi connectivity index (χ0v) is 13.3. The topological polar surface area (TPSA) is 84.7 Å². The number of benzene rings is 1. The maximum atomic E-state index is 12.2. The van der Waals surface area contributed by atoms with E-state index >= 15 is 0 Å². The van der Waals surface area contributed by atoms with Gasteiger partial charge in [-0.25, -0.2) is 0 Å². The van der Waals surface area contributed by atoms with Crippen molar-refractivity contribution < 1.29 is 14.3 Å². The average Bonchev–Trinajstić information content (AvgIpc) is 2.53. The van der Waals surface area contributed by atoms with Crippen molar-refractivity contribution in [3.63, 3.8) is 0 Å². The van der Waals surface area contributed by atoms with E-state index in [0.29, 0.717) is 13.2 Å². The Morgan fingerprint density at radius 1 is 1.36 bits per heavy atom. The fourth-order valence-corrected chi connectivity index (χ4v) is 2.32. The summed E-state index contributed by atoms with van der Waals surface area (Å²) in [7, 11) is 0. The van der Waals surface area contributed by atoms with Gasteiger partial charge in [-0.15, -0.1) is 12.4 Å². The van der Waals surface area contributed by atoms with Crippen molar-refractivity contribution in [1.82, 2.24) is 10.2 Å². The third-order valence-electron chi connectivity index (χ3n) is 3.55. The summed E-state index contributed by atoms with van der Waals surface area (Å²) in [6, 6.07) is 9.81. The van der Waals surface area contributed by atoms with E-state index < -0.39 is 0 Å². The second kappa shape index (κ2) is 8.73. The summed E-state index contributed by atoms with van der Waals surface area (Å²) in [5, 5.41) is 2.51. The van der Waals surface area contributed by atoms with Gasteiger partial charge in [-0.2, -0.15) is 0 Å². The van der Waals surface area contributed by atoms with E-state index in [1.54, 1.807) is 4.90 Å². The normalized spacial score (nSPS) is 20.9. The quantitative estimate of drug-likeness (QED) is 0.842. The first-order valence-corrected chi connectivity index (χ1v) is 7.04. The number of hydrogen-bond acceptors (Lipinski definition) is 4. The first kappa shape index (κ1) is 18.4. The average molecular weight is 328 g/mol. The number of nitrogens with one attached hydrogen (secondary N) is 1. The predicted octanol–water partition coefficient (Wildman–Crippen LogP) is 0.472. The Morgan fingerprint density at radius 2 is 2.05 bits per heavy atom. The van der Waals surface area contributed by atoms with E-state index in [2.05, 4.69) is 5.32 Å². The van der Waals surface area contributed by atoms with Crippen LogP contribution < -0.4 is 11.1 Å². The monoisotopic (exact) mass is 327 g/mol. The van der Waals surface area contributed by atoms with Gasteiger partial charge in [-0.05, 0) is 12.5 Å². The van der Waals surface area contributed by atoms with Crippen LogP contribution in [0.25, 0.3) is 0 Å². The number of nitrogens with two attached hydrogens (primary N) is 1. The number of halogens is 1. The Hall–Kier alpha value is -1.63. The number of morpholine rings is 1. The molecule has 0 aromatic heterocycles. The Bertz CT molecular complexity index is 498. The van der Waals surface area contributed by atoms with E-state index in [9.17, 15) is 9.59 Å². The lowest BCUT2D eigenvalue weighted by Crippen LogP contribution is -2.51. The summed E-state index contributed by atoms with van der Waals surface area (Å²) in [5.41, 5.74) is 6.25. The largest absolute Gasteiger partial charge is 0.370 e. The van der Waals surface area contributed by atoms with Crippen molar-refractivity contribution in [2.75, 3.05) is 26.2 Å². The number of ether oxygens (including phenoxy) is 1. The molecule has 1 aromatic carbocycles. The van der Waals surface area contributed by atoms with E-state index in [0.717, 1.165) is 5.56 Å². The van der Waals surface area contributed by atoms with Crippen LogP contribution in [0, 0.1) is 0 Å². The van der Waals surface area contributed by atoms with Crippen LogP contribution in [0.15, 0.2) is 30.3 Å². The van der Waals surface area contributed by atoms with Crippen LogP contribution in [0.1, 0.15) is 18.6 Å². The van der Waals surface area contributed by atoms with Gasteiger partial charge in [-0.1, -0.05) is 30.3 Å². The van der Waals surface area contributed by atoms with E-state index in [1.165, 1.54) is 0 Å². The molecular weight excluding hydrogens is 306 g/mol. The summed E-state index contributed by atoms with van der Waals surface area (Å²) < 4.78 is 5.80. The minimum absolute atomic E-state index is 0. The summed E-state index contributed by atoms with van der Waals surface area (Å²) in [5.74, 6) is -0.447. The predicted molar refractivity (Wildman–Crippen MR) is 85.6 cm³/mol. The summed E-state index contributed by atoms with van der Waals surface area (Å²) in [6.45, 7) is 2.77. The molecule has 0 aliphatic carbocycles. The lowest BCUT2D eigenvalue weighted by molar-refractivity contribution is -0.144. The van der Waals surface area contributed by atoms with Gasteiger partial charge in [0.15, 0.2) is 0 Å². The lowest BCUT2D eigenvalue weighted by atomic mass is 10.1. The van der Waals surface area contributed by atoms with Crippen molar-refractivity contribution in [3.05, 3.63) is 35.9 Å². The van der Waals surface area contributed by atoms with Crippen LogP contribution in [0.4, 0.5) is 0 Å². The molecule has 2 rings (SSSR count). The standard InChI is InChI=1S/C15H21N3O3.ClH/c1-11-10-21-13(12-5-3-2-4-6-12)9-18(11)15(20)8-17-14(19)7-16;/h2-6,11,13H,7-10,16H2,1H3,(H,17,19);1H. The molecule has 0 saturated carbocycles. The number of rotatable bonds is 4. The third kappa shape index (κ3) is 4.69. The number of hydrogen-bond donors (Lipinski definition) is 2. The number of carbonyl (C=O) groups is 2. The second-order valence-corrected chi connectivity index (χ2v) is 5.11. The summed E-state index contributed by atoms with van der Waals surface area (Å²) in [6.07, 6.45) is -0.128. The van der Waals surface area contributed by atoms with Crippen LogP contribution in [0.5, 0.6) is 0 Å². The number of nitrogens with zero attached hydrogens (tertiary/aromatic N) is 1. The SMILES string of the molecule is CC1COC(c2ccccc2)CN1C(=O)CNC(=O)CN.Cl. The maximum Gasteiger partial charge on any atom is 0.242 e. The molecule has 1 aliphatic heterocycles. The third-order valence-corrected chi connectivity index (χ3v) is 3.55. The molecule has 122 valence electrons. The molecule has 2 amide bonds. The highest BCUT2D eigenvalue weighted by Crippen LogP contribution is 2.24. The Morgan fingerprint density at radius 3 is 2.68 bits per heavy atom. The second-order valence-electron chi connectivity index (χ2n) is 5.11. The highest BCUT2D eigenvalue weighted by molar-refractivity contribution is 5.86. The van der Waals surface area contributed by atoms with Crippen LogP contribution in [0.2, 0.25) is 0 Å². The molecule has 1 heterocycles. The van der Waals surface area contributed by atoms with Gasteiger partial charge in [-0.3, -0.25) is 9.59 Å². The van der Waals surface area contributed by atoms with E-state index in [1.807, 2.05) is 37.3 Å². The van der Waals surface area contributed by atoms with Crippen LogP contribution >= 0.6 is 12.4 Å². The van der Waals surface area contributed by atoms with Gasteiger partial charge in [0, 0.05) is 0 Å². The molecule has 0 radical (unpaired) electrons. The molecule has 1 saturated heterocycles. The molecule has 3 N–H and O–H groups in total. The molecule has 2 atom stereocenters. The number of carbonyl (C=O) groups excluding carboxylic acids is 2. The maximum absolute atomic E-state index is 12.2. The van der Waals surface area contributed by atoms with Crippen molar-refractivity contribution in [3.8, 4) is 0 Å². The Kier molecular flexibility index (Phi) is 7.31. The van der Waals surface area contributed by atoms with Crippen molar-refractivity contribution in [1.29, 1.82) is 0 Å². The van der Waals surface area contributed by atoms with Crippen molar-refractivity contribution in [2.24, 2.45) is 5.73 Å². The van der Waals surface area contributed by atoms with E-state index in [4.69, 9.17) is 10.5 Å². The summed E-state index contributed by atoms with van der Waals surface area (Å²) in [4.78, 5) is 25.1. The summed E-state index contributed by atoms with van der Waals surface area (Å²) >= 11 is 0. The molecule has 6 nitrogen and oxygen atoms in total. The zero-order valence-electron chi connectivity index (χ0n) is 12.5. The fourth-order valence-electron chi connectivity index (χ4n) is 2.32. The highest BCUT2D eigenvalue weighted by Gasteiger charge is 2.30. The molecule has 0 bridgehead atoms. The van der Waals surface area contributed by atoms with Crippen LogP contribution in [-0.4, -0.2) is 49.0 Å². The molecule has 2 unspecified atom stereocenters. The van der Waals surface area contributed by atoms with Crippen LogP contribution in [0.3, 0.4) is 0 Å². The minimum atomic E-state index is -0.330. The molecule has 0 spiro atoms. The molecule has 1 aliphatic rings. The molecule has 7 heteroatoms. The van der Waals surface area contributed by atoms with Gasteiger partial charge in [0.05, 0.1) is 32.3 Å². The highest BCUT2D eigenvalue weighted by atomic mass is 35.5. The minimum Gasteiger partial charge on any atom is -0.370 e. The Labute approximate surface area is 136 Å². The first-order valence-electron chi connectivity index (χ1n) is 7.04. The van der Waals surface area contributed by atoms with Crippen molar-refractivity contribution in [2.45, 2.75) is 19.1 Å². The van der Waals surface area contributed by atoms with Gasteiger partial charge in [0.25, 0.3) is 0 Å². The molecule has 22 heavy (non-hydrogen) atoms. The van der Waals surface area contributed by atoms with Gasteiger partial charge in [0.1, 0.15) is 6.10 Å². The van der Waals surface area contributed by atoms with Gasteiger partial charge < -0.3 is 20.7 Å². The molecule has 1 fully saturated rings. The van der Waals surface area contributed by atoms with Gasteiger partial charge in [0.2, 0.25) is 11.8 Å². The van der Waals surface area contributed by atoms with Gasteiger partial charge >= 0.3 is 0 Å². The smallest absolute Gasteiger partial charge is 0.242 e. The number of amides is 2. The molecular formula is C15H22ClN3O3. The van der Waals surface area contributed by atoms with Crippen LogP contribution in [-0.2, 0) is 14.3 Å². The van der Waals surface area contributed by atoms with E-state index in [-0.39, 0.29) is 49.5 Å². The Balaban J connectivity index is 0.00000242. The molecule has 1 aromatic rings.